The second kappa shape index (κ2) is 9.55. The quantitative estimate of drug-likeness (QED) is 0.427. The van der Waals surface area contributed by atoms with Gasteiger partial charge in [0.05, 0.1) is 29.1 Å². The molecule has 1 heterocycles. The van der Waals surface area contributed by atoms with E-state index in [1.807, 2.05) is 0 Å². The van der Waals surface area contributed by atoms with Gasteiger partial charge in [-0.05, 0) is 49.4 Å². The summed E-state index contributed by atoms with van der Waals surface area (Å²) in [5.74, 6) is -0.583. The summed E-state index contributed by atoms with van der Waals surface area (Å²) in [5.41, 5.74) is 0.541. The molecule has 1 atom stereocenters. The number of anilines is 3. The summed E-state index contributed by atoms with van der Waals surface area (Å²) in [4.78, 5) is 26.5. The molecule has 35 heavy (non-hydrogen) atoms. The first-order valence-corrected chi connectivity index (χ1v) is 12.0. The molecule has 0 spiro atoms. The number of phenolic OH excluding ortho intramolecular Hbond substituents is 1. The van der Waals surface area contributed by atoms with Crippen LogP contribution in [0.4, 0.5) is 17.1 Å². The third-order valence-electron chi connectivity index (χ3n) is 5.28. The molecule has 1 aliphatic rings. The van der Waals surface area contributed by atoms with Gasteiger partial charge in [-0.3, -0.25) is 19.2 Å². The molecule has 0 saturated heterocycles. The lowest BCUT2D eigenvalue weighted by atomic mass is 10.2. The van der Waals surface area contributed by atoms with Crippen molar-refractivity contribution in [1.29, 1.82) is 0 Å². The molecule has 10 nitrogen and oxygen atoms in total. The zero-order chi connectivity index (χ0) is 25.2. The highest BCUT2D eigenvalue weighted by Gasteiger charge is 2.32. The number of methoxy groups -OCH3 is 1. The molecule has 0 fully saturated rings. The summed E-state index contributed by atoms with van der Waals surface area (Å²) < 4.78 is 39.0. The van der Waals surface area contributed by atoms with Crippen molar-refractivity contribution in [3.63, 3.8) is 0 Å². The van der Waals surface area contributed by atoms with Crippen molar-refractivity contribution in [2.75, 3.05) is 28.6 Å². The van der Waals surface area contributed by atoms with Crippen LogP contribution < -0.4 is 24.4 Å². The van der Waals surface area contributed by atoms with E-state index in [0.29, 0.717) is 17.2 Å². The Morgan fingerprint density at radius 2 is 1.80 bits per heavy atom. The maximum atomic E-state index is 12.9. The second-order valence-electron chi connectivity index (χ2n) is 7.69. The van der Waals surface area contributed by atoms with E-state index in [-0.39, 0.29) is 28.6 Å². The Morgan fingerprint density at radius 3 is 2.57 bits per heavy atom. The third kappa shape index (κ3) is 4.99. The lowest BCUT2D eigenvalue weighted by Gasteiger charge is -2.32. The molecule has 182 valence electrons. The molecular formula is C24H23N3O7S. The van der Waals surface area contributed by atoms with Gasteiger partial charge in [-0.1, -0.05) is 24.3 Å². The highest BCUT2D eigenvalue weighted by Crippen LogP contribution is 2.34. The SMILES string of the molecule is COc1ccccc1NS(=O)(=O)c1ccc(O)c(NC(=O)CN2C(=O)C(C)Oc3ccccc32)c1. The molecule has 11 heteroatoms. The summed E-state index contributed by atoms with van der Waals surface area (Å²) in [6.45, 7) is 1.22. The predicted molar refractivity (Wildman–Crippen MR) is 129 cm³/mol. The number of fused-ring (bicyclic) bond motifs is 1. The van der Waals surface area contributed by atoms with E-state index in [0.717, 1.165) is 12.1 Å². The lowest BCUT2D eigenvalue weighted by Crippen LogP contribution is -2.47. The summed E-state index contributed by atoms with van der Waals surface area (Å²) >= 11 is 0. The van der Waals surface area contributed by atoms with E-state index in [1.54, 1.807) is 49.4 Å². The average Bonchev–Trinajstić information content (AvgIpc) is 2.83. The van der Waals surface area contributed by atoms with Crippen molar-refractivity contribution in [1.82, 2.24) is 0 Å². The molecule has 0 bridgehead atoms. The number of sulfonamides is 1. The van der Waals surface area contributed by atoms with Crippen molar-refractivity contribution in [3.8, 4) is 17.2 Å². The Bertz CT molecular complexity index is 1390. The minimum absolute atomic E-state index is 0.125. The minimum Gasteiger partial charge on any atom is -0.506 e. The number of benzene rings is 3. The van der Waals surface area contributed by atoms with Gasteiger partial charge in [0, 0.05) is 0 Å². The Balaban J connectivity index is 1.55. The first-order valence-electron chi connectivity index (χ1n) is 10.6. The summed E-state index contributed by atoms with van der Waals surface area (Å²) in [5, 5.41) is 12.7. The van der Waals surface area contributed by atoms with E-state index in [2.05, 4.69) is 10.0 Å². The number of phenols is 1. The Labute approximate surface area is 202 Å². The molecule has 0 aromatic heterocycles. The predicted octanol–water partition coefficient (Wildman–Crippen LogP) is 2.95. The molecule has 3 aromatic rings. The Hall–Kier alpha value is -4.25. The van der Waals surface area contributed by atoms with E-state index < -0.39 is 27.9 Å². The van der Waals surface area contributed by atoms with Gasteiger partial charge in [0.1, 0.15) is 23.8 Å². The van der Waals surface area contributed by atoms with Crippen LogP contribution in [-0.2, 0) is 19.6 Å². The smallest absolute Gasteiger partial charge is 0.268 e. The van der Waals surface area contributed by atoms with Gasteiger partial charge in [0.2, 0.25) is 5.91 Å². The molecule has 3 aromatic carbocycles. The van der Waals surface area contributed by atoms with Crippen LogP contribution in [0.1, 0.15) is 6.92 Å². The maximum Gasteiger partial charge on any atom is 0.268 e. The maximum absolute atomic E-state index is 12.9. The van der Waals surface area contributed by atoms with Gasteiger partial charge in [0.15, 0.2) is 6.10 Å². The number of nitrogens with one attached hydrogen (secondary N) is 2. The number of rotatable bonds is 7. The van der Waals surface area contributed by atoms with Crippen LogP contribution in [-0.4, -0.2) is 45.1 Å². The molecule has 1 unspecified atom stereocenters. The fraction of sp³-hybridized carbons (Fsp3) is 0.167. The molecule has 0 saturated carbocycles. The molecule has 0 radical (unpaired) electrons. The van der Waals surface area contributed by atoms with Gasteiger partial charge in [0.25, 0.3) is 15.9 Å². The number of carbonyl (C=O) groups is 2. The Morgan fingerprint density at radius 1 is 1.09 bits per heavy atom. The highest BCUT2D eigenvalue weighted by atomic mass is 32.2. The van der Waals surface area contributed by atoms with Gasteiger partial charge in [-0.2, -0.15) is 0 Å². The van der Waals surface area contributed by atoms with Crippen molar-refractivity contribution in [3.05, 3.63) is 66.7 Å². The van der Waals surface area contributed by atoms with Crippen molar-refractivity contribution < 1.29 is 32.6 Å². The molecular weight excluding hydrogens is 474 g/mol. The second-order valence-corrected chi connectivity index (χ2v) is 9.37. The molecule has 1 aliphatic heterocycles. The molecule has 4 rings (SSSR count). The molecule has 0 aliphatic carbocycles. The van der Waals surface area contributed by atoms with Crippen molar-refractivity contribution >= 4 is 38.9 Å². The number of nitrogens with zero attached hydrogens (tertiary/aromatic N) is 1. The van der Waals surface area contributed by atoms with Crippen LogP contribution in [0.3, 0.4) is 0 Å². The largest absolute Gasteiger partial charge is 0.506 e. The zero-order valence-corrected chi connectivity index (χ0v) is 19.7. The van der Waals surface area contributed by atoms with Gasteiger partial charge < -0.3 is 19.9 Å². The van der Waals surface area contributed by atoms with Crippen LogP contribution in [0.5, 0.6) is 17.2 Å². The van der Waals surface area contributed by atoms with Gasteiger partial charge in [-0.15, -0.1) is 0 Å². The number of amides is 2. The van der Waals surface area contributed by atoms with Crippen LogP contribution in [0.15, 0.2) is 71.6 Å². The normalized spacial score (nSPS) is 15.1. The number of ether oxygens (including phenoxy) is 2. The number of aromatic hydroxyl groups is 1. The van der Waals surface area contributed by atoms with E-state index in [9.17, 15) is 23.1 Å². The third-order valence-corrected chi connectivity index (χ3v) is 6.64. The standard InChI is InChI=1S/C24H23N3O7S/c1-15-24(30)27(19-8-4-6-10-22(19)34-15)14-23(29)25-18-13-16(11-12-20(18)28)35(31,32)26-17-7-3-5-9-21(17)33-2/h3-13,15,26,28H,14H2,1-2H3,(H,25,29). The van der Waals surface area contributed by atoms with Crippen molar-refractivity contribution in [2.24, 2.45) is 0 Å². The fourth-order valence-electron chi connectivity index (χ4n) is 3.57. The van der Waals surface area contributed by atoms with Crippen LogP contribution in [0.25, 0.3) is 0 Å². The van der Waals surface area contributed by atoms with Crippen LogP contribution in [0.2, 0.25) is 0 Å². The Kier molecular flexibility index (Phi) is 6.52. The van der Waals surface area contributed by atoms with Crippen LogP contribution >= 0.6 is 0 Å². The number of para-hydroxylation sites is 4. The lowest BCUT2D eigenvalue weighted by molar-refractivity contribution is -0.127. The molecule has 2 amide bonds. The van der Waals surface area contributed by atoms with E-state index >= 15 is 0 Å². The first kappa shape index (κ1) is 23.9. The fourth-order valence-corrected chi connectivity index (χ4v) is 4.67. The summed E-state index contributed by atoms with van der Waals surface area (Å²) in [7, 11) is -2.66. The average molecular weight is 498 g/mol. The first-order chi connectivity index (χ1) is 16.7. The minimum atomic E-state index is -4.08. The monoisotopic (exact) mass is 497 g/mol. The molecule has 3 N–H and O–H groups in total. The van der Waals surface area contributed by atoms with Crippen LogP contribution in [0, 0.1) is 0 Å². The topological polar surface area (TPSA) is 134 Å². The van der Waals surface area contributed by atoms with Crippen molar-refractivity contribution in [2.45, 2.75) is 17.9 Å². The van der Waals surface area contributed by atoms with E-state index in [4.69, 9.17) is 9.47 Å². The number of hydrogen-bond donors (Lipinski definition) is 3. The van der Waals surface area contributed by atoms with E-state index in [1.165, 1.54) is 24.1 Å². The van der Waals surface area contributed by atoms with Gasteiger partial charge >= 0.3 is 0 Å². The number of hydrogen-bond acceptors (Lipinski definition) is 7. The number of carbonyl (C=O) groups excluding carboxylic acids is 2. The summed E-state index contributed by atoms with van der Waals surface area (Å²) in [6.07, 6.45) is -0.777. The summed E-state index contributed by atoms with van der Waals surface area (Å²) in [6, 6.07) is 16.8. The zero-order valence-electron chi connectivity index (χ0n) is 18.9. The van der Waals surface area contributed by atoms with Gasteiger partial charge in [-0.25, -0.2) is 8.42 Å². The highest BCUT2D eigenvalue weighted by molar-refractivity contribution is 7.92.